The third-order valence-corrected chi connectivity index (χ3v) is 5.85. The van der Waals surface area contributed by atoms with Crippen molar-refractivity contribution in [1.82, 2.24) is 9.78 Å². The number of hydrogen-bond acceptors (Lipinski definition) is 3. The monoisotopic (exact) mass is 507 g/mol. The molecule has 32 heavy (non-hydrogen) atoms. The summed E-state index contributed by atoms with van der Waals surface area (Å²) in [5, 5.41) is 14.3. The minimum atomic E-state index is -0.504. The number of benzene rings is 3. The number of carbonyl (C=O) groups is 2. The maximum Gasteiger partial charge on any atom is 0.347 e. The number of amides is 3. The van der Waals surface area contributed by atoms with Gasteiger partial charge in [-0.1, -0.05) is 46.4 Å². The van der Waals surface area contributed by atoms with E-state index < -0.39 is 12.1 Å². The molecule has 0 radical (unpaired) electrons. The first kappa shape index (κ1) is 22.2. The highest BCUT2D eigenvalue weighted by Gasteiger charge is 2.13. The van der Waals surface area contributed by atoms with Crippen molar-refractivity contribution in [2.75, 3.05) is 16.0 Å². The second-order valence-corrected chi connectivity index (χ2v) is 8.23. The molecule has 7 nitrogen and oxygen atoms in total. The predicted octanol–water partition coefficient (Wildman–Crippen LogP) is 7.37. The van der Waals surface area contributed by atoms with Gasteiger partial charge in [-0.05, 0) is 54.6 Å². The fraction of sp³-hybridized carbons (Fsp3) is 0. The molecule has 0 unspecified atom stereocenters. The van der Waals surface area contributed by atoms with Crippen LogP contribution < -0.4 is 16.0 Å². The zero-order chi connectivity index (χ0) is 22.8. The molecule has 0 aliphatic heterocycles. The van der Waals surface area contributed by atoms with Crippen LogP contribution in [0.2, 0.25) is 20.1 Å². The van der Waals surface area contributed by atoms with Crippen LogP contribution in [-0.2, 0) is 0 Å². The SMILES string of the molecule is O=C(Nc1ccc(Cl)c(Cl)c1)Nc1ccc2cnn(C(=O)Nc3ccc(Cl)c(Cl)c3)c2c1. The van der Waals surface area contributed by atoms with Gasteiger partial charge in [0.15, 0.2) is 0 Å². The Bertz CT molecular complexity index is 1360. The molecule has 11 heteroatoms. The summed E-state index contributed by atoms with van der Waals surface area (Å²) in [5.74, 6) is 0. The van der Waals surface area contributed by atoms with Gasteiger partial charge in [-0.15, -0.1) is 0 Å². The molecule has 4 aromatic rings. The zero-order valence-corrected chi connectivity index (χ0v) is 19.0. The number of urea groups is 1. The summed E-state index contributed by atoms with van der Waals surface area (Å²) >= 11 is 23.8. The molecule has 3 N–H and O–H groups in total. The Hall–Kier alpha value is -2.97. The van der Waals surface area contributed by atoms with E-state index in [1.165, 1.54) is 16.8 Å². The van der Waals surface area contributed by atoms with Gasteiger partial charge >= 0.3 is 12.1 Å². The third-order valence-electron chi connectivity index (χ3n) is 4.37. The lowest BCUT2D eigenvalue weighted by Gasteiger charge is -2.10. The molecule has 1 aromatic heterocycles. The molecule has 0 aliphatic rings. The highest BCUT2D eigenvalue weighted by atomic mass is 35.5. The molecule has 1 heterocycles. The molecule has 0 bridgehead atoms. The fourth-order valence-corrected chi connectivity index (χ4v) is 3.47. The molecule has 0 saturated carbocycles. The van der Waals surface area contributed by atoms with Crippen LogP contribution in [-0.4, -0.2) is 21.8 Å². The Morgan fingerprint density at radius 1 is 0.688 bits per heavy atom. The summed E-state index contributed by atoms with van der Waals surface area (Å²) in [6.45, 7) is 0. The van der Waals surface area contributed by atoms with Crippen LogP contribution in [0.3, 0.4) is 0 Å². The molecule has 3 amide bonds. The molecule has 4 rings (SSSR count). The number of rotatable bonds is 3. The first-order chi connectivity index (χ1) is 15.3. The molecule has 3 aromatic carbocycles. The van der Waals surface area contributed by atoms with Crippen molar-refractivity contribution in [3.8, 4) is 0 Å². The number of carbonyl (C=O) groups excluding carboxylic acids is 2. The van der Waals surface area contributed by atoms with Crippen LogP contribution in [0.25, 0.3) is 10.9 Å². The summed E-state index contributed by atoms with van der Waals surface area (Å²) in [5.41, 5.74) is 1.89. The molecular weight excluding hydrogens is 496 g/mol. The van der Waals surface area contributed by atoms with Crippen molar-refractivity contribution in [2.45, 2.75) is 0 Å². The van der Waals surface area contributed by atoms with Crippen molar-refractivity contribution in [2.24, 2.45) is 0 Å². The molecule has 0 atom stereocenters. The highest BCUT2D eigenvalue weighted by Crippen LogP contribution is 2.27. The third kappa shape index (κ3) is 4.92. The van der Waals surface area contributed by atoms with Gasteiger partial charge < -0.3 is 16.0 Å². The van der Waals surface area contributed by atoms with Gasteiger partial charge in [0.2, 0.25) is 0 Å². The largest absolute Gasteiger partial charge is 0.347 e. The summed E-state index contributed by atoms with van der Waals surface area (Å²) in [4.78, 5) is 25.1. The first-order valence-corrected chi connectivity index (χ1v) is 10.6. The van der Waals surface area contributed by atoms with Crippen molar-refractivity contribution in [1.29, 1.82) is 0 Å². The van der Waals surface area contributed by atoms with E-state index in [0.29, 0.717) is 48.1 Å². The summed E-state index contributed by atoms with van der Waals surface area (Å²) < 4.78 is 1.18. The average Bonchev–Trinajstić information content (AvgIpc) is 3.17. The Kier molecular flexibility index (Phi) is 6.43. The number of hydrogen-bond donors (Lipinski definition) is 3. The number of anilines is 3. The van der Waals surface area contributed by atoms with E-state index >= 15 is 0 Å². The smallest absolute Gasteiger partial charge is 0.308 e. The van der Waals surface area contributed by atoms with Crippen molar-refractivity contribution in [3.05, 3.63) is 80.9 Å². The lowest BCUT2D eigenvalue weighted by Crippen LogP contribution is -2.21. The summed E-state index contributed by atoms with van der Waals surface area (Å²) in [6, 6.07) is 13.5. The number of halogens is 4. The van der Waals surface area contributed by atoms with Crippen molar-refractivity contribution in [3.63, 3.8) is 0 Å². The average molecular weight is 509 g/mol. The van der Waals surface area contributed by atoms with E-state index in [0.717, 1.165) is 0 Å². The normalized spacial score (nSPS) is 10.8. The lowest BCUT2D eigenvalue weighted by molar-refractivity contribution is 0.251. The van der Waals surface area contributed by atoms with E-state index in [1.54, 1.807) is 48.7 Å². The van der Waals surface area contributed by atoms with Crippen molar-refractivity contribution >= 4 is 86.4 Å². The second kappa shape index (κ2) is 9.26. The first-order valence-electron chi connectivity index (χ1n) is 9.07. The van der Waals surface area contributed by atoms with Crippen LogP contribution >= 0.6 is 46.4 Å². The van der Waals surface area contributed by atoms with Gasteiger partial charge in [-0.3, -0.25) is 0 Å². The Morgan fingerprint density at radius 3 is 1.81 bits per heavy atom. The number of fused-ring (bicyclic) bond motifs is 1. The summed E-state index contributed by atoms with van der Waals surface area (Å²) in [6.07, 6.45) is 1.54. The minimum absolute atomic E-state index is 0.314. The number of nitrogens with zero attached hydrogens (tertiary/aromatic N) is 2. The van der Waals surface area contributed by atoms with Gasteiger partial charge in [0.25, 0.3) is 0 Å². The van der Waals surface area contributed by atoms with Gasteiger partial charge in [0.1, 0.15) is 0 Å². The minimum Gasteiger partial charge on any atom is -0.308 e. The summed E-state index contributed by atoms with van der Waals surface area (Å²) in [7, 11) is 0. The second-order valence-electron chi connectivity index (χ2n) is 6.60. The van der Waals surface area contributed by atoms with Crippen LogP contribution in [0.15, 0.2) is 60.8 Å². The molecule has 0 aliphatic carbocycles. The van der Waals surface area contributed by atoms with E-state index in [-0.39, 0.29) is 0 Å². The standard InChI is InChI=1S/C21H13Cl4N5O2/c22-15-5-3-12(7-17(15)24)27-20(31)28-14-2-1-11-10-26-30(19(11)9-14)21(32)29-13-4-6-16(23)18(25)8-13/h1-10H,(H,29,32)(H2,27,28,31). The van der Waals surface area contributed by atoms with Gasteiger partial charge in [-0.25, -0.2) is 9.59 Å². The van der Waals surface area contributed by atoms with Crippen LogP contribution in [0.5, 0.6) is 0 Å². The van der Waals surface area contributed by atoms with Gasteiger partial charge in [0, 0.05) is 22.4 Å². The zero-order valence-electron chi connectivity index (χ0n) is 16.0. The number of nitrogens with one attached hydrogen (secondary N) is 3. The Balaban J connectivity index is 1.51. The molecule has 0 saturated heterocycles. The fourth-order valence-electron chi connectivity index (χ4n) is 2.88. The Morgan fingerprint density at radius 2 is 1.22 bits per heavy atom. The maximum absolute atomic E-state index is 12.7. The topological polar surface area (TPSA) is 88.1 Å². The van der Waals surface area contributed by atoms with E-state index in [9.17, 15) is 9.59 Å². The number of aromatic nitrogens is 2. The van der Waals surface area contributed by atoms with Crippen LogP contribution in [0.4, 0.5) is 26.7 Å². The highest BCUT2D eigenvalue weighted by molar-refractivity contribution is 6.42. The lowest BCUT2D eigenvalue weighted by atomic mass is 10.2. The van der Waals surface area contributed by atoms with E-state index in [1.807, 2.05) is 0 Å². The van der Waals surface area contributed by atoms with Crippen LogP contribution in [0, 0.1) is 0 Å². The molecular formula is C21H13Cl4N5O2. The van der Waals surface area contributed by atoms with Gasteiger partial charge in [-0.2, -0.15) is 9.78 Å². The van der Waals surface area contributed by atoms with Crippen LogP contribution in [0.1, 0.15) is 0 Å². The molecule has 0 spiro atoms. The van der Waals surface area contributed by atoms with E-state index in [4.69, 9.17) is 46.4 Å². The maximum atomic E-state index is 12.7. The molecule has 0 fully saturated rings. The predicted molar refractivity (Wildman–Crippen MR) is 130 cm³/mol. The molecule has 162 valence electrons. The van der Waals surface area contributed by atoms with Gasteiger partial charge in [0.05, 0.1) is 31.8 Å². The van der Waals surface area contributed by atoms with Crippen molar-refractivity contribution < 1.29 is 9.59 Å². The van der Waals surface area contributed by atoms with E-state index in [2.05, 4.69) is 21.0 Å². The Labute approximate surface area is 202 Å². The quantitative estimate of drug-likeness (QED) is 0.270.